The van der Waals surface area contributed by atoms with Crippen LogP contribution in [-0.4, -0.2) is 25.7 Å². The highest BCUT2D eigenvalue weighted by Crippen LogP contribution is 2.15. The summed E-state index contributed by atoms with van der Waals surface area (Å²) in [5.41, 5.74) is 2.25. The molecule has 8 heteroatoms. The summed E-state index contributed by atoms with van der Waals surface area (Å²) < 4.78 is 3.42. The van der Waals surface area contributed by atoms with E-state index in [4.69, 9.17) is 0 Å². The van der Waals surface area contributed by atoms with E-state index in [1.165, 1.54) is 31.2 Å². The molecule has 0 aliphatic rings. The Balaban J connectivity index is 2.06. The summed E-state index contributed by atoms with van der Waals surface area (Å²) in [5.74, 6) is -0.603. The molecule has 3 aromatic rings. The van der Waals surface area contributed by atoms with Gasteiger partial charge < -0.3 is 9.13 Å². The first-order valence-corrected chi connectivity index (χ1v) is 7.85. The van der Waals surface area contributed by atoms with Crippen LogP contribution in [0.1, 0.15) is 17.3 Å². The van der Waals surface area contributed by atoms with Gasteiger partial charge in [-0.05, 0) is 24.3 Å². The van der Waals surface area contributed by atoms with E-state index in [1.54, 1.807) is 16.2 Å². The van der Waals surface area contributed by atoms with Gasteiger partial charge in [0.25, 0.3) is 5.69 Å². The average molecular weight is 352 g/mol. The summed E-state index contributed by atoms with van der Waals surface area (Å²) in [5, 5.41) is 10.7. The Morgan fingerprint density at radius 1 is 1.08 bits per heavy atom. The number of aryl methyl sites for hydroxylation is 1. The summed E-state index contributed by atoms with van der Waals surface area (Å²) >= 11 is 0. The Labute approximate surface area is 148 Å². The highest BCUT2D eigenvalue weighted by Gasteiger charge is 2.15. The number of nitro benzene ring substituents is 1. The first-order chi connectivity index (χ1) is 12.4. The number of fused-ring (bicyclic) bond motifs is 1. The maximum Gasteiger partial charge on any atom is 0.269 e. The number of amides is 1. The van der Waals surface area contributed by atoms with Gasteiger partial charge in [-0.1, -0.05) is 12.1 Å². The molecule has 1 aromatic heterocycles. The van der Waals surface area contributed by atoms with Gasteiger partial charge in [-0.25, -0.2) is 0 Å². The highest BCUT2D eigenvalue weighted by atomic mass is 16.6. The van der Waals surface area contributed by atoms with Crippen LogP contribution >= 0.6 is 0 Å². The van der Waals surface area contributed by atoms with Gasteiger partial charge in [0.15, 0.2) is 5.78 Å². The number of ketones is 1. The summed E-state index contributed by atoms with van der Waals surface area (Å²) in [4.78, 5) is 38.4. The van der Waals surface area contributed by atoms with Crippen LogP contribution < -0.4 is 5.62 Å². The lowest BCUT2D eigenvalue weighted by atomic mass is 10.1. The molecule has 0 fully saturated rings. The molecule has 1 heterocycles. The molecule has 8 nitrogen and oxygen atoms in total. The second-order valence-corrected chi connectivity index (χ2v) is 5.79. The largest absolute Gasteiger partial charge is 0.313 e. The zero-order chi connectivity index (χ0) is 18.8. The molecule has 0 N–H and O–H groups in total. The molecule has 2 aromatic carbocycles. The van der Waals surface area contributed by atoms with Gasteiger partial charge in [-0.2, -0.15) is 4.99 Å². The number of hydrogen-bond acceptors (Lipinski definition) is 4. The van der Waals surface area contributed by atoms with Gasteiger partial charge in [0.05, 0.1) is 22.5 Å². The summed E-state index contributed by atoms with van der Waals surface area (Å²) in [7, 11) is 1.77. The van der Waals surface area contributed by atoms with Crippen molar-refractivity contribution in [2.45, 2.75) is 13.5 Å². The lowest BCUT2D eigenvalue weighted by molar-refractivity contribution is -0.384. The number of nitrogens with zero attached hydrogens (tertiary/aromatic N) is 4. The van der Waals surface area contributed by atoms with E-state index in [2.05, 4.69) is 4.99 Å². The van der Waals surface area contributed by atoms with Crippen molar-refractivity contribution in [3.8, 4) is 0 Å². The minimum absolute atomic E-state index is 0.0364. The van der Waals surface area contributed by atoms with Gasteiger partial charge >= 0.3 is 0 Å². The number of benzene rings is 2. The number of carbonyl (C=O) groups excluding carboxylic acids is 2. The summed E-state index contributed by atoms with van der Waals surface area (Å²) in [6, 6.07) is 12.9. The number of hydrogen-bond donors (Lipinski definition) is 0. The van der Waals surface area contributed by atoms with E-state index in [0.29, 0.717) is 11.2 Å². The maximum absolute atomic E-state index is 12.7. The molecule has 0 radical (unpaired) electrons. The fourth-order valence-corrected chi connectivity index (χ4v) is 2.81. The topological polar surface area (TPSA) is 99.5 Å². The molecule has 26 heavy (non-hydrogen) atoms. The van der Waals surface area contributed by atoms with Gasteiger partial charge in [0.1, 0.15) is 0 Å². The zero-order valence-corrected chi connectivity index (χ0v) is 14.2. The molecule has 0 aliphatic heterocycles. The molecule has 0 unspecified atom stereocenters. The zero-order valence-electron chi connectivity index (χ0n) is 14.2. The van der Waals surface area contributed by atoms with Crippen LogP contribution in [0.5, 0.6) is 0 Å². The first kappa shape index (κ1) is 17.3. The second-order valence-electron chi connectivity index (χ2n) is 5.79. The number of para-hydroxylation sites is 2. The quantitative estimate of drug-likeness (QED) is 0.408. The van der Waals surface area contributed by atoms with E-state index in [0.717, 1.165) is 11.0 Å². The van der Waals surface area contributed by atoms with Crippen molar-refractivity contribution in [3.05, 3.63) is 69.8 Å². The lowest BCUT2D eigenvalue weighted by Crippen LogP contribution is -2.28. The highest BCUT2D eigenvalue weighted by molar-refractivity contribution is 5.96. The molecule has 3 rings (SSSR count). The molecule has 132 valence electrons. The number of carbonyl (C=O) groups is 2. The minimum atomic E-state index is -0.516. The molecule has 0 spiro atoms. The monoisotopic (exact) mass is 352 g/mol. The Bertz CT molecular complexity index is 1090. The normalized spacial score (nSPS) is 11.7. The summed E-state index contributed by atoms with van der Waals surface area (Å²) in [6.07, 6.45) is 0. The molecular weight excluding hydrogens is 336 g/mol. The molecule has 0 atom stereocenters. The van der Waals surface area contributed by atoms with Crippen molar-refractivity contribution in [2.75, 3.05) is 0 Å². The van der Waals surface area contributed by atoms with E-state index >= 15 is 0 Å². The van der Waals surface area contributed by atoms with Gasteiger partial charge in [-0.3, -0.25) is 19.7 Å². The Hall–Kier alpha value is -3.55. The lowest BCUT2D eigenvalue weighted by Gasteiger charge is -2.05. The number of Topliss-reactive ketones (excluding diaryl/α,β-unsaturated/α-hetero) is 1. The van der Waals surface area contributed by atoms with Crippen molar-refractivity contribution in [2.24, 2.45) is 12.0 Å². The molecular formula is C18H16N4O4. The van der Waals surface area contributed by atoms with Crippen molar-refractivity contribution in [3.63, 3.8) is 0 Å². The minimum Gasteiger partial charge on any atom is -0.313 e. The number of aromatic nitrogens is 2. The molecule has 0 aliphatic carbocycles. The van der Waals surface area contributed by atoms with Crippen LogP contribution in [0.2, 0.25) is 0 Å². The Kier molecular flexibility index (Phi) is 4.49. The fourth-order valence-electron chi connectivity index (χ4n) is 2.81. The standard InChI is InChI=1S/C18H16N4O4/c1-12(23)19-18-20(2)15-5-3-4-6-16(15)21(18)11-17(24)13-7-9-14(10-8-13)22(25)26/h3-10H,11H2,1-2H3. The SMILES string of the molecule is CC(=O)N=c1n(C)c2ccccc2n1CC(=O)c1ccc([N+](=O)[O-])cc1. The Morgan fingerprint density at radius 2 is 1.69 bits per heavy atom. The number of imidazole rings is 1. The van der Waals surface area contributed by atoms with Crippen LogP contribution in [0.3, 0.4) is 0 Å². The predicted octanol–water partition coefficient (Wildman–Crippen LogP) is 2.22. The van der Waals surface area contributed by atoms with E-state index in [9.17, 15) is 19.7 Å². The molecule has 0 saturated carbocycles. The second kappa shape index (κ2) is 6.75. The van der Waals surface area contributed by atoms with Crippen LogP contribution in [0.4, 0.5) is 5.69 Å². The van der Waals surface area contributed by atoms with Crippen molar-refractivity contribution in [1.29, 1.82) is 0 Å². The van der Waals surface area contributed by atoms with E-state index < -0.39 is 4.92 Å². The smallest absolute Gasteiger partial charge is 0.269 e. The molecule has 0 saturated heterocycles. The Morgan fingerprint density at radius 3 is 2.27 bits per heavy atom. The van der Waals surface area contributed by atoms with E-state index in [-0.39, 0.29) is 23.9 Å². The van der Waals surface area contributed by atoms with Crippen LogP contribution in [0.25, 0.3) is 11.0 Å². The third-order valence-corrected chi connectivity index (χ3v) is 4.03. The van der Waals surface area contributed by atoms with Gasteiger partial charge in [0, 0.05) is 31.7 Å². The third kappa shape index (κ3) is 3.16. The number of non-ortho nitro benzene ring substituents is 1. The predicted molar refractivity (Wildman–Crippen MR) is 94.6 cm³/mol. The van der Waals surface area contributed by atoms with Crippen LogP contribution in [0.15, 0.2) is 53.5 Å². The van der Waals surface area contributed by atoms with Crippen LogP contribution in [-0.2, 0) is 18.4 Å². The number of nitro groups is 1. The van der Waals surface area contributed by atoms with E-state index in [1.807, 2.05) is 24.3 Å². The van der Waals surface area contributed by atoms with Gasteiger partial charge in [-0.15, -0.1) is 0 Å². The van der Waals surface area contributed by atoms with Crippen molar-refractivity contribution in [1.82, 2.24) is 9.13 Å². The van der Waals surface area contributed by atoms with Crippen molar-refractivity contribution < 1.29 is 14.5 Å². The number of rotatable bonds is 4. The van der Waals surface area contributed by atoms with Crippen molar-refractivity contribution >= 4 is 28.4 Å². The maximum atomic E-state index is 12.7. The molecule has 0 bridgehead atoms. The fraction of sp³-hybridized carbons (Fsp3) is 0.167. The average Bonchev–Trinajstić information content (AvgIpc) is 2.87. The van der Waals surface area contributed by atoms with Crippen LogP contribution in [0, 0.1) is 10.1 Å². The third-order valence-electron chi connectivity index (χ3n) is 4.03. The van der Waals surface area contributed by atoms with Gasteiger partial charge in [0.2, 0.25) is 11.5 Å². The summed E-state index contributed by atoms with van der Waals surface area (Å²) in [6.45, 7) is 1.31. The molecule has 1 amide bonds. The first-order valence-electron chi connectivity index (χ1n) is 7.85.